The molecule has 2 aromatic carbocycles. The molecule has 0 saturated heterocycles. The maximum absolute atomic E-state index is 12.1. The number of para-hydroxylation sites is 1. The van der Waals surface area contributed by atoms with E-state index in [1.165, 1.54) is 23.9 Å². The number of fused-ring (bicyclic) bond motifs is 1. The predicted octanol–water partition coefficient (Wildman–Crippen LogP) is 3.78. The SMILES string of the molecule is C/C(=N/NC(=O)CSc1cccc2cccnc12)c1cccc([N+](=O)[O-])c1. The zero-order valence-corrected chi connectivity index (χ0v) is 15.3. The third-order valence-electron chi connectivity index (χ3n) is 3.78. The molecule has 27 heavy (non-hydrogen) atoms. The second kappa shape index (κ2) is 8.41. The average molecular weight is 380 g/mol. The number of nitrogens with one attached hydrogen (secondary N) is 1. The minimum absolute atomic E-state index is 0.0209. The van der Waals surface area contributed by atoms with Gasteiger partial charge in [0.25, 0.3) is 5.69 Å². The van der Waals surface area contributed by atoms with Crippen molar-refractivity contribution < 1.29 is 9.72 Å². The normalized spacial score (nSPS) is 11.4. The third-order valence-corrected chi connectivity index (χ3v) is 4.82. The van der Waals surface area contributed by atoms with Crippen LogP contribution in [0.3, 0.4) is 0 Å². The first kappa shape index (κ1) is 18.5. The molecule has 0 atom stereocenters. The van der Waals surface area contributed by atoms with E-state index in [0.717, 1.165) is 15.8 Å². The molecule has 0 aliphatic heterocycles. The van der Waals surface area contributed by atoms with Crippen LogP contribution in [0, 0.1) is 10.1 Å². The van der Waals surface area contributed by atoms with Crippen LogP contribution in [0.25, 0.3) is 10.9 Å². The summed E-state index contributed by atoms with van der Waals surface area (Å²) in [7, 11) is 0. The van der Waals surface area contributed by atoms with Gasteiger partial charge < -0.3 is 0 Å². The Morgan fingerprint density at radius 3 is 2.81 bits per heavy atom. The Hall–Kier alpha value is -3.26. The Morgan fingerprint density at radius 1 is 1.22 bits per heavy atom. The molecule has 1 amide bonds. The van der Waals surface area contributed by atoms with Crippen molar-refractivity contribution in [3.63, 3.8) is 0 Å². The number of nitro benzene ring substituents is 1. The summed E-state index contributed by atoms with van der Waals surface area (Å²) in [4.78, 5) is 27.8. The standard InChI is InChI=1S/C19H16N4O3S/c1-13(15-6-2-8-16(11-15)23(25)26)21-22-18(24)12-27-17-9-3-5-14-7-4-10-20-19(14)17/h2-11H,12H2,1H3,(H,22,24)/b21-13-. The van der Waals surface area contributed by atoms with Gasteiger partial charge in [-0.05, 0) is 19.1 Å². The second-order valence-electron chi connectivity index (χ2n) is 5.66. The lowest BCUT2D eigenvalue weighted by molar-refractivity contribution is -0.384. The number of benzene rings is 2. The number of amides is 1. The van der Waals surface area contributed by atoms with Gasteiger partial charge in [-0.25, -0.2) is 5.43 Å². The highest BCUT2D eigenvalue weighted by atomic mass is 32.2. The minimum atomic E-state index is -0.468. The Bertz CT molecular complexity index is 1030. The molecule has 1 aromatic heterocycles. The maximum Gasteiger partial charge on any atom is 0.270 e. The van der Waals surface area contributed by atoms with Crippen molar-refractivity contribution in [2.24, 2.45) is 5.10 Å². The first-order valence-corrected chi connectivity index (χ1v) is 9.07. The molecule has 7 nitrogen and oxygen atoms in total. The number of rotatable bonds is 6. The van der Waals surface area contributed by atoms with Gasteiger partial charge in [0.15, 0.2) is 0 Å². The Balaban J connectivity index is 1.63. The maximum atomic E-state index is 12.1. The van der Waals surface area contributed by atoms with Gasteiger partial charge in [-0.2, -0.15) is 5.10 Å². The molecule has 0 fully saturated rings. The molecular formula is C19H16N4O3S. The van der Waals surface area contributed by atoms with Crippen LogP contribution >= 0.6 is 11.8 Å². The van der Waals surface area contributed by atoms with Crippen molar-refractivity contribution in [3.8, 4) is 0 Å². The smallest absolute Gasteiger partial charge is 0.270 e. The number of hydrogen-bond acceptors (Lipinski definition) is 6. The van der Waals surface area contributed by atoms with Crippen LogP contribution in [0.1, 0.15) is 12.5 Å². The number of hydrazone groups is 1. The monoisotopic (exact) mass is 380 g/mol. The van der Waals surface area contributed by atoms with E-state index in [9.17, 15) is 14.9 Å². The molecule has 0 radical (unpaired) electrons. The van der Waals surface area contributed by atoms with Crippen LogP contribution < -0.4 is 5.43 Å². The van der Waals surface area contributed by atoms with Crippen molar-refractivity contribution in [1.82, 2.24) is 10.4 Å². The summed E-state index contributed by atoms with van der Waals surface area (Å²) in [6, 6.07) is 15.8. The molecule has 3 aromatic rings. The summed E-state index contributed by atoms with van der Waals surface area (Å²) in [6.07, 6.45) is 1.72. The Kier molecular flexibility index (Phi) is 5.77. The largest absolute Gasteiger partial charge is 0.272 e. The lowest BCUT2D eigenvalue weighted by Crippen LogP contribution is -2.21. The average Bonchev–Trinajstić information content (AvgIpc) is 2.70. The molecule has 0 bridgehead atoms. The lowest BCUT2D eigenvalue weighted by Gasteiger charge is -2.05. The molecule has 0 aliphatic rings. The van der Waals surface area contributed by atoms with E-state index >= 15 is 0 Å². The van der Waals surface area contributed by atoms with Crippen molar-refractivity contribution in [2.45, 2.75) is 11.8 Å². The molecule has 8 heteroatoms. The van der Waals surface area contributed by atoms with E-state index in [2.05, 4.69) is 15.5 Å². The molecule has 0 saturated carbocycles. The summed E-state index contributed by atoms with van der Waals surface area (Å²) in [6.45, 7) is 1.68. The second-order valence-corrected chi connectivity index (χ2v) is 6.68. The van der Waals surface area contributed by atoms with Gasteiger partial charge in [0.05, 0.1) is 21.9 Å². The third kappa shape index (κ3) is 4.68. The highest BCUT2D eigenvalue weighted by Crippen LogP contribution is 2.25. The lowest BCUT2D eigenvalue weighted by atomic mass is 10.1. The number of pyridine rings is 1. The van der Waals surface area contributed by atoms with Crippen LogP contribution in [-0.2, 0) is 4.79 Å². The van der Waals surface area contributed by atoms with E-state index in [1.54, 1.807) is 25.3 Å². The fraction of sp³-hybridized carbons (Fsp3) is 0.105. The highest BCUT2D eigenvalue weighted by molar-refractivity contribution is 8.00. The van der Waals surface area contributed by atoms with Crippen LogP contribution in [-0.4, -0.2) is 27.3 Å². The van der Waals surface area contributed by atoms with E-state index in [4.69, 9.17) is 0 Å². The van der Waals surface area contributed by atoms with Crippen LogP contribution in [0.5, 0.6) is 0 Å². The van der Waals surface area contributed by atoms with Crippen molar-refractivity contribution in [1.29, 1.82) is 0 Å². The minimum Gasteiger partial charge on any atom is -0.272 e. The quantitative estimate of drug-likeness (QED) is 0.304. The molecule has 0 unspecified atom stereocenters. The topological polar surface area (TPSA) is 97.5 Å². The van der Waals surface area contributed by atoms with Gasteiger partial charge in [0.1, 0.15) is 0 Å². The molecule has 1 heterocycles. The van der Waals surface area contributed by atoms with E-state index in [1.807, 2.05) is 30.3 Å². The summed E-state index contributed by atoms with van der Waals surface area (Å²) < 4.78 is 0. The van der Waals surface area contributed by atoms with Gasteiger partial charge in [0, 0.05) is 34.2 Å². The first-order chi connectivity index (χ1) is 13.0. The number of carbonyl (C=O) groups is 1. The fourth-order valence-electron chi connectivity index (χ4n) is 2.42. The zero-order chi connectivity index (χ0) is 19.2. The molecule has 136 valence electrons. The van der Waals surface area contributed by atoms with Gasteiger partial charge in [-0.3, -0.25) is 19.9 Å². The molecule has 3 rings (SSSR count). The molecule has 0 spiro atoms. The van der Waals surface area contributed by atoms with Gasteiger partial charge in [0.2, 0.25) is 5.91 Å². The summed E-state index contributed by atoms with van der Waals surface area (Å²) in [5.41, 5.74) is 4.39. The molecule has 0 aliphatic carbocycles. The summed E-state index contributed by atoms with van der Waals surface area (Å²) in [5, 5.41) is 15.9. The number of non-ortho nitro benzene ring substituents is 1. The van der Waals surface area contributed by atoms with Crippen LogP contribution in [0.15, 0.2) is 70.8 Å². The predicted molar refractivity (Wildman–Crippen MR) is 106 cm³/mol. The Morgan fingerprint density at radius 2 is 2.00 bits per heavy atom. The Labute approximate surface area is 159 Å². The van der Waals surface area contributed by atoms with Crippen molar-refractivity contribution in [3.05, 3.63) is 76.5 Å². The highest BCUT2D eigenvalue weighted by Gasteiger charge is 2.09. The van der Waals surface area contributed by atoms with E-state index < -0.39 is 4.92 Å². The number of nitro groups is 1. The number of nitrogens with zero attached hydrogens (tertiary/aromatic N) is 3. The number of carbonyl (C=O) groups excluding carboxylic acids is 1. The van der Waals surface area contributed by atoms with Crippen molar-refractivity contribution >= 4 is 40.0 Å². The zero-order valence-electron chi connectivity index (χ0n) is 14.5. The number of thioether (sulfide) groups is 1. The number of hydrogen-bond donors (Lipinski definition) is 1. The van der Waals surface area contributed by atoms with Crippen LogP contribution in [0.4, 0.5) is 5.69 Å². The van der Waals surface area contributed by atoms with Gasteiger partial charge >= 0.3 is 0 Å². The molecule has 1 N–H and O–H groups in total. The van der Waals surface area contributed by atoms with E-state index in [-0.39, 0.29) is 17.3 Å². The number of aromatic nitrogens is 1. The van der Waals surface area contributed by atoms with E-state index in [0.29, 0.717) is 11.3 Å². The molecular weight excluding hydrogens is 364 g/mol. The van der Waals surface area contributed by atoms with Crippen LogP contribution in [0.2, 0.25) is 0 Å². The summed E-state index contributed by atoms with van der Waals surface area (Å²) >= 11 is 1.38. The van der Waals surface area contributed by atoms with Gasteiger partial charge in [-0.15, -0.1) is 11.8 Å². The van der Waals surface area contributed by atoms with Crippen molar-refractivity contribution in [2.75, 3.05) is 5.75 Å². The fourth-order valence-corrected chi connectivity index (χ4v) is 3.26. The van der Waals surface area contributed by atoms with Gasteiger partial charge in [-0.1, -0.05) is 30.3 Å². The summed E-state index contributed by atoms with van der Waals surface area (Å²) in [5.74, 6) is -0.0841. The first-order valence-electron chi connectivity index (χ1n) is 8.09.